The smallest absolute Gasteiger partial charge is 0.119 e. The second kappa shape index (κ2) is 7.51. The molecule has 1 fully saturated rings. The van der Waals surface area contributed by atoms with Gasteiger partial charge >= 0.3 is 0 Å². The minimum atomic E-state index is 0.327. The number of nitrogens with two attached hydrogens (primary N) is 1. The van der Waals surface area contributed by atoms with Crippen LogP contribution in [0.2, 0.25) is 0 Å². The topological polar surface area (TPSA) is 38.5 Å². The minimum Gasteiger partial charge on any atom is -0.497 e. The Morgan fingerprint density at radius 2 is 1.84 bits per heavy atom. The Hall–Kier alpha value is -1.06. The standard InChI is InChI=1S/C16H26N2O/c1-19-15-9-7-8-14(12-15)16(13-17)18-10-5-3-2-4-6-11-18/h7-9,12,16H,2-6,10-11,13,17H2,1H3. The van der Waals surface area contributed by atoms with Crippen molar-refractivity contribution < 1.29 is 4.74 Å². The van der Waals surface area contributed by atoms with E-state index in [1.165, 1.54) is 50.8 Å². The zero-order chi connectivity index (χ0) is 13.5. The summed E-state index contributed by atoms with van der Waals surface area (Å²) in [5.74, 6) is 0.919. The molecule has 0 aromatic heterocycles. The Labute approximate surface area is 116 Å². The zero-order valence-electron chi connectivity index (χ0n) is 12.0. The molecule has 3 nitrogen and oxygen atoms in total. The molecule has 1 atom stereocenters. The molecule has 1 saturated heterocycles. The highest BCUT2D eigenvalue weighted by Gasteiger charge is 2.19. The number of hydrogen-bond acceptors (Lipinski definition) is 3. The van der Waals surface area contributed by atoms with Crippen LogP contribution in [0.1, 0.15) is 43.7 Å². The van der Waals surface area contributed by atoms with E-state index in [2.05, 4.69) is 23.1 Å². The lowest BCUT2D eigenvalue weighted by atomic mass is 10.0. The molecule has 19 heavy (non-hydrogen) atoms. The summed E-state index contributed by atoms with van der Waals surface area (Å²) in [6.45, 7) is 3.01. The molecule has 1 aliphatic rings. The maximum absolute atomic E-state index is 6.03. The van der Waals surface area contributed by atoms with Gasteiger partial charge in [-0.15, -0.1) is 0 Å². The fourth-order valence-corrected chi connectivity index (χ4v) is 2.93. The van der Waals surface area contributed by atoms with Crippen LogP contribution in [0.3, 0.4) is 0 Å². The normalized spacial score (nSPS) is 19.5. The van der Waals surface area contributed by atoms with Crippen molar-refractivity contribution >= 4 is 0 Å². The molecule has 0 bridgehead atoms. The van der Waals surface area contributed by atoms with Gasteiger partial charge in [0.1, 0.15) is 5.75 Å². The Morgan fingerprint density at radius 3 is 2.47 bits per heavy atom. The van der Waals surface area contributed by atoms with Crippen molar-refractivity contribution in [1.82, 2.24) is 4.90 Å². The molecule has 3 heteroatoms. The van der Waals surface area contributed by atoms with Crippen LogP contribution in [0.25, 0.3) is 0 Å². The average Bonchev–Trinajstić information content (AvgIpc) is 2.42. The van der Waals surface area contributed by atoms with E-state index in [0.717, 1.165) is 5.75 Å². The van der Waals surface area contributed by atoms with Crippen LogP contribution in [-0.2, 0) is 0 Å². The van der Waals surface area contributed by atoms with Crippen LogP contribution in [0.15, 0.2) is 24.3 Å². The van der Waals surface area contributed by atoms with Gasteiger partial charge in [-0.05, 0) is 43.6 Å². The minimum absolute atomic E-state index is 0.327. The fourth-order valence-electron chi connectivity index (χ4n) is 2.93. The van der Waals surface area contributed by atoms with Crippen LogP contribution < -0.4 is 10.5 Å². The molecule has 1 aliphatic heterocycles. The van der Waals surface area contributed by atoms with Gasteiger partial charge in [0, 0.05) is 12.6 Å². The lowest BCUT2D eigenvalue weighted by Crippen LogP contribution is -2.36. The summed E-state index contributed by atoms with van der Waals surface area (Å²) in [7, 11) is 1.71. The Morgan fingerprint density at radius 1 is 1.16 bits per heavy atom. The summed E-state index contributed by atoms with van der Waals surface area (Å²) in [5.41, 5.74) is 7.31. The third-order valence-electron chi connectivity index (χ3n) is 4.03. The first-order valence-corrected chi connectivity index (χ1v) is 7.43. The maximum Gasteiger partial charge on any atom is 0.119 e. The molecule has 2 rings (SSSR count). The molecule has 1 unspecified atom stereocenters. The Balaban J connectivity index is 2.12. The van der Waals surface area contributed by atoms with Gasteiger partial charge in [0.25, 0.3) is 0 Å². The van der Waals surface area contributed by atoms with Gasteiger partial charge in [-0.25, -0.2) is 0 Å². The van der Waals surface area contributed by atoms with E-state index in [1.807, 2.05) is 6.07 Å². The van der Waals surface area contributed by atoms with Gasteiger partial charge in [0.05, 0.1) is 7.11 Å². The van der Waals surface area contributed by atoms with Gasteiger partial charge in [-0.1, -0.05) is 31.4 Å². The van der Waals surface area contributed by atoms with E-state index in [4.69, 9.17) is 10.5 Å². The van der Waals surface area contributed by atoms with Crippen molar-refractivity contribution in [1.29, 1.82) is 0 Å². The molecule has 0 spiro atoms. The number of hydrogen-bond donors (Lipinski definition) is 1. The first-order chi connectivity index (χ1) is 9.35. The lowest BCUT2D eigenvalue weighted by Gasteiger charge is -2.32. The van der Waals surface area contributed by atoms with Crippen molar-refractivity contribution in [2.45, 2.75) is 38.1 Å². The van der Waals surface area contributed by atoms with Gasteiger partial charge < -0.3 is 10.5 Å². The number of ether oxygens (including phenoxy) is 1. The molecular weight excluding hydrogens is 236 g/mol. The first kappa shape index (κ1) is 14.4. The molecule has 0 saturated carbocycles. The van der Waals surface area contributed by atoms with E-state index in [0.29, 0.717) is 12.6 Å². The van der Waals surface area contributed by atoms with Crippen LogP contribution in [0.4, 0.5) is 0 Å². The fraction of sp³-hybridized carbons (Fsp3) is 0.625. The van der Waals surface area contributed by atoms with Gasteiger partial charge in [-0.2, -0.15) is 0 Å². The third kappa shape index (κ3) is 3.95. The van der Waals surface area contributed by atoms with E-state index in [-0.39, 0.29) is 0 Å². The summed E-state index contributed by atoms with van der Waals surface area (Å²) in [5, 5.41) is 0. The lowest BCUT2D eigenvalue weighted by molar-refractivity contribution is 0.183. The summed E-state index contributed by atoms with van der Waals surface area (Å²) >= 11 is 0. The molecule has 1 aromatic carbocycles. The van der Waals surface area contributed by atoms with Crippen molar-refractivity contribution in [3.05, 3.63) is 29.8 Å². The largest absolute Gasteiger partial charge is 0.497 e. The number of likely N-dealkylation sites (tertiary alicyclic amines) is 1. The summed E-state index contributed by atoms with van der Waals surface area (Å²) < 4.78 is 5.32. The van der Waals surface area contributed by atoms with Gasteiger partial charge in [-0.3, -0.25) is 4.90 Å². The van der Waals surface area contributed by atoms with Crippen LogP contribution in [0, 0.1) is 0 Å². The zero-order valence-corrected chi connectivity index (χ0v) is 12.0. The first-order valence-electron chi connectivity index (χ1n) is 7.43. The van der Waals surface area contributed by atoms with Gasteiger partial charge in [0.15, 0.2) is 0 Å². The van der Waals surface area contributed by atoms with E-state index >= 15 is 0 Å². The van der Waals surface area contributed by atoms with Crippen LogP contribution >= 0.6 is 0 Å². The summed E-state index contributed by atoms with van der Waals surface area (Å²) in [6.07, 6.45) is 6.68. The van der Waals surface area contributed by atoms with E-state index in [1.54, 1.807) is 7.11 Å². The second-order valence-electron chi connectivity index (χ2n) is 5.33. The number of nitrogens with zero attached hydrogens (tertiary/aromatic N) is 1. The monoisotopic (exact) mass is 262 g/mol. The predicted molar refractivity (Wildman–Crippen MR) is 79.4 cm³/mol. The van der Waals surface area contributed by atoms with Gasteiger partial charge in [0.2, 0.25) is 0 Å². The maximum atomic E-state index is 6.03. The Bertz CT molecular complexity index is 373. The highest BCUT2D eigenvalue weighted by Crippen LogP contribution is 2.25. The van der Waals surface area contributed by atoms with E-state index in [9.17, 15) is 0 Å². The van der Waals surface area contributed by atoms with Crippen molar-refractivity contribution in [3.63, 3.8) is 0 Å². The van der Waals surface area contributed by atoms with Crippen molar-refractivity contribution in [2.24, 2.45) is 5.73 Å². The van der Waals surface area contributed by atoms with Crippen molar-refractivity contribution in [3.8, 4) is 5.75 Å². The molecule has 0 aliphatic carbocycles. The molecule has 0 amide bonds. The number of methoxy groups -OCH3 is 1. The van der Waals surface area contributed by atoms with E-state index < -0.39 is 0 Å². The molecular formula is C16H26N2O. The molecule has 0 radical (unpaired) electrons. The molecule has 1 aromatic rings. The van der Waals surface area contributed by atoms with Crippen LogP contribution in [-0.4, -0.2) is 31.6 Å². The highest BCUT2D eigenvalue weighted by molar-refractivity contribution is 5.30. The number of benzene rings is 1. The summed E-state index contributed by atoms with van der Waals surface area (Å²) in [6, 6.07) is 8.66. The number of rotatable bonds is 4. The average molecular weight is 262 g/mol. The van der Waals surface area contributed by atoms with Crippen LogP contribution in [0.5, 0.6) is 5.75 Å². The van der Waals surface area contributed by atoms with Crippen molar-refractivity contribution in [2.75, 3.05) is 26.7 Å². The second-order valence-corrected chi connectivity index (χ2v) is 5.33. The highest BCUT2D eigenvalue weighted by atomic mass is 16.5. The molecule has 1 heterocycles. The Kier molecular flexibility index (Phi) is 5.67. The summed E-state index contributed by atoms with van der Waals surface area (Å²) in [4.78, 5) is 2.55. The SMILES string of the molecule is COc1cccc(C(CN)N2CCCCCCC2)c1. The third-order valence-corrected chi connectivity index (χ3v) is 4.03. The quantitative estimate of drug-likeness (QED) is 0.906. The molecule has 106 valence electrons. The molecule has 2 N–H and O–H groups in total. The predicted octanol–water partition coefficient (Wildman–Crippen LogP) is 2.96.